The topological polar surface area (TPSA) is 113 Å². The predicted molar refractivity (Wildman–Crippen MR) is 230 cm³/mol. The summed E-state index contributed by atoms with van der Waals surface area (Å²) in [5.41, 5.74) is 18.0. The molecule has 0 spiro atoms. The summed E-state index contributed by atoms with van der Waals surface area (Å²) in [6.07, 6.45) is 17.5. The Balaban J connectivity index is 0.00000567. The number of ketones is 1. The fourth-order valence-corrected chi connectivity index (χ4v) is 8.35. The minimum Gasteiger partial charge on any atom is -0.471 e. The molecule has 0 aliphatic carbocycles. The molecule has 9 nitrogen and oxygen atoms in total. The maximum absolute atomic E-state index is 12.9. The number of ether oxygens (including phenoxy) is 1. The van der Waals surface area contributed by atoms with Gasteiger partial charge >= 0.3 is 29.6 Å². The average Bonchev–Trinajstić information content (AvgIpc) is 3.82. The largest absolute Gasteiger partial charge is 1.00 e. The number of rotatable bonds is 16. The fraction of sp³-hybridized carbons (Fsp3) is 0.354. The Kier molecular flexibility index (Phi) is 13.6. The van der Waals surface area contributed by atoms with Gasteiger partial charge in [0.05, 0.1) is 11.7 Å². The Labute approximate surface area is 365 Å². The zero-order valence-corrected chi connectivity index (χ0v) is 37.2. The van der Waals surface area contributed by atoms with Crippen LogP contribution in [0.3, 0.4) is 0 Å². The van der Waals surface area contributed by atoms with Crippen LogP contribution in [0.25, 0.3) is 11.2 Å². The van der Waals surface area contributed by atoms with E-state index in [1.54, 1.807) is 6.33 Å². The van der Waals surface area contributed by atoms with Crippen LogP contribution in [0.1, 0.15) is 94.5 Å². The van der Waals surface area contributed by atoms with Crippen molar-refractivity contribution in [3.05, 3.63) is 137 Å². The van der Waals surface area contributed by atoms with Gasteiger partial charge in [-0.25, -0.2) is 4.98 Å². The van der Waals surface area contributed by atoms with Crippen LogP contribution in [0.5, 0.6) is 5.88 Å². The first-order valence-corrected chi connectivity index (χ1v) is 20.3. The molecule has 4 heterocycles. The average molecular weight is 785 g/mol. The van der Waals surface area contributed by atoms with Crippen LogP contribution in [0, 0.1) is 13.0 Å². The van der Waals surface area contributed by atoms with Crippen LogP contribution in [-0.4, -0.2) is 49.1 Å². The molecule has 0 saturated carbocycles. The first-order chi connectivity index (χ1) is 27.5. The molecule has 294 valence electrons. The Bertz CT molecular complexity index is 2390. The number of carbonyl (C=O) groups is 1. The van der Waals surface area contributed by atoms with E-state index in [1.165, 1.54) is 39.5 Å². The number of hydrogen-bond acceptors (Lipinski definition) is 7. The number of unbranched alkanes of at least 4 members (excludes halogenated alkanes) is 2. The number of nitrogens with two attached hydrogens (primary N) is 1. The number of likely N-dealkylation sites (N-methyl/N-ethyl adjacent to an activating group) is 1. The third-order valence-electron chi connectivity index (χ3n) is 11.5. The van der Waals surface area contributed by atoms with E-state index in [4.69, 9.17) is 10.5 Å². The van der Waals surface area contributed by atoms with Crippen molar-refractivity contribution in [2.45, 2.75) is 97.5 Å². The van der Waals surface area contributed by atoms with Crippen LogP contribution in [0.4, 0.5) is 17.3 Å². The quantitative estimate of drug-likeness (QED) is 0.0383. The molecule has 0 saturated heterocycles. The summed E-state index contributed by atoms with van der Waals surface area (Å²) in [6.45, 7) is 15.8. The summed E-state index contributed by atoms with van der Waals surface area (Å²) >= 11 is 0. The Morgan fingerprint density at radius 2 is 1.74 bits per heavy atom. The van der Waals surface area contributed by atoms with Gasteiger partial charge in [-0.05, 0) is 75.6 Å². The molecule has 0 unspecified atom stereocenters. The van der Waals surface area contributed by atoms with Crippen molar-refractivity contribution >= 4 is 40.0 Å². The zero-order chi connectivity index (χ0) is 40.2. The number of allylic oxidation sites excluding steroid dienone is 6. The van der Waals surface area contributed by atoms with Crippen LogP contribution >= 0.6 is 0 Å². The molecular weight excluding hydrogens is 730 g/mol. The molecule has 2 aliphatic heterocycles. The summed E-state index contributed by atoms with van der Waals surface area (Å²) in [5, 5.41) is 0. The molecule has 0 atom stereocenters. The van der Waals surface area contributed by atoms with Crippen LogP contribution in [0.15, 0.2) is 103 Å². The number of anilines is 2. The van der Waals surface area contributed by atoms with Crippen LogP contribution in [0.2, 0.25) is 0 Å². The van der Waals surface area contributed by atoms with Crippen LogP contribution in [-0.2, 0) is 28.7 Å². The molecule has 0 amide bonds. The van der Waals surface area contributed by atoms with Crippen molar-refractivity contribution in [3.8, 4) is 5.88 Å². The fourth-order valence-electron chi connectivity index (χ4n) is 8.35. The number of nitrogen functional groups attached to an aromatic ring is 1. The molecule has 58 heavy (non-hydrogen) atoms. The predicted octanol–water partition coefficient (Wildman–Crippen LogP) is 6.58. The summed E-state index contributed by atoms with van der Waals surface area (Å²) in [7, 11) is 0. The summed E-state index contributed by atoms with van der Waals surface area (Å²) < 4.78 is 8.41. The number of aromatic nitrogens is 4. The second-order valence-corrected chi connectivity index (χ2v) is 16.2. The van der Waals surface area contributed by atoms with Gasteiger partial charge in [0, 0.05) is 49.2 Å². The molecule has 3 N–H and O–H groups in total. The standard InChI is InChI=1S/C48H55N7O2.Na/c1-7-54-39-18-14-13-17-37(39)47(3,4)41(54)19-11-8-12-20-42-48(5,6)38-30-33(2)21-28-40(38)55(42)29-15-9-10-16-36(56)27-26-34-22-24-35(25-23-34)31-57-45-43-44(51-32-50-43)52-46(49)53-45;/h8,11-12,14,17-25,28,30,32H,7,9-10,15-16,26-27,29,31H2,1-6H3,(H3,49,50,51,52,53);/q;+1. The van der Waals surface area contributed by atoms with Crippen LogP contribution < -0.4 is 44.9 Å². The number of aryl methyl sites for hydroxylation is 2. The van der Waals surface area contributed by atoms with Gasteiger partial charge in [0.1, 0.15) is 24.5 Å². The number of nitrogens with zero attached hydrogens (tertiary/aromatic N) is 5. The minimum absolute atomic E-state index is 0. The van der Waals surface area contributed by atoms with E-state index in [0.29, 0.717) is 42.3 Å². The van der Waals surface area contributed by atoms with Gasteiger partial charge in [-0.2, -0.15) is 32.7 Å². The van der Waals surface area contributed by atoms with Gasteiger partial charge in [0.15, 0.2) is 11.4 Å². The van der Waals surface area contributed by atoms with Gasteiger partial charge in [0.2, 0.25) is 17.5 Å². The number of carbonyl (C=O) groups excluding carboxylic acids is 1. The number of H-pyrrole nitrogens is 1. The Morgan fingerprint density at radius 1 is 0.948 bits per heavy atom. The third-order valence-corrected chi connectivity index (χ3v) is 11.5. The summed E-state index contributed by atoms with van der Waals surface area (Å²) in [4.78, 5) is 30.7. The second-order valence-electron chi connectivity index (χ2n) is 16.2. The molecular formula is C48H55N7NaO2+. The van der Waals surface area contributed by atoms with E-state index >= 15 is 0 Å². The van der Waals surface area contributed by atoms with E-state index in [1.807, 2.05) is 18.2 Å². The van der Waals surface area contributed by atoms with Crippen molar-refractivity contribution in [1.29, 1.82) is 0 Å². The molecule has 0 fully saturated rings. The Hall–Kier alpha value is -4.83. The van der Waals surface area contributed by atoms with Gasteiger partial charge in [-0.1, -0.05) is 73.7 Å². The molecule has 10 heteroatoms. The van der Waals surface area contributed by atoms with E-state index in [-0.39, 0.29) is 46.3 Å². The smallest absolute Gasteiger partial charge is 0.471 e. The number of imidazole rings is 1. The number of Topliss-reactive ketones (excluding diaryl/α,β-unsaturated/α-hetero) is 1. The molecule has 0 bridgehead atoms. The molecule has 3 aromatic carbocycles. The van der Waals surface area contributed by atoms with Gasteiger partial charge in [0.25, 0.3) is 0 Å². The van der Waals surface area contributed by atoms with Gasteiger partial charge in [-0.3, -0.25) is 4.79 Å². The number of hydrogen-bond donors (Lipinski definition) is 2. The third kappa shape index (κ3) is 9.07. The monoisotopic (exact) mass is 784 g/mol. The number of fused-ring (bicyclic) bond motifs is 3. The number of aromatic amines is 1. The minimum atomic E-state index is -0.117. The van der Waals surface area contributed by atoms with E-state index in [2.05, 4.69) is 150 Å². The van der Waals surface area contributed by atoms with E-state index in [9.17, 15) is 4.79 Å². The first kappa shape index (κ1) is 42.8. The van der Waals surface area contributed by atoms with Crippen molar-refractivity contribution < 1.29 is 43.7 Å². The first-order valence-electron chi connectivity index (χ1n) is 20.3. The van der Waals surface area contributed by atoms with Crippen molar-refractivity contribution in [1.82, 2.24) is 19.9 Å². The summed E-state index contributed by atoms with van der Waals surface area (Å²) in [6, 6.07) is 24.6. The molecule has 2 aromatic heterocycles. The SMILES string of the molecule is CCN1/C(=C/C=C/C=C/C2=[N+](CCCCCC(=O)CCc3ccc(COc4nc(N)nc5nc[nH]c45)cc3)c3ccc(C)cc3C2(C)C)C(C)(C)c2c[c-]ccc21.[Na+]. The molecule has 7 rings (SSSR count). The normalized spacial score (nSPS) is 16.1. The van der Waals surface area contributed by atoms with E-state index < -0.39 is 0 Å². The zero-order valence-electron chi connectivity index (χ0n) is 35.2. The maximum Gasteiger partial charge on any atom is 1.00 e. The summed E-state index contributed by atoms with van der Waals surface area (Å²) in [5.74, 6) is 0.811. The second kappa shape index (κ2) is 18.4. The maximum atomic E-state index is 12.9. The van der Waals surface area contributed by atoms with Crippen molar-refractivity contribution in [2.24, 2.45) is 0 Å². The molecule has 2 aliphatic rings. The molecule has 0 radical (unpaired) electrons. The van der Waals surface area contributed by atoms with Gasteiger partial charge < -0.3 is 20.4 Å². The van der Waals surface area contributed by atoms with E-state index in [0.717, 1.165) is 49.9 Å². The van der Waals surface area contributed by atoms with Crippen molar-refractivity contribution in [2.75, 3.05) is 23.7 Å². The molecule has 5 aromatic rings. The number of benzene rings is 3. The Morgan fingerprint density at radius 3 is 2.53 bits per heavy atom. The number of nitrogens with one attached hydrogen (secondary N) is 1. The van der Waals surface area contributed by atoms with Crippen molar-refractivity contribution in [3.63, 3.8) is 0 Å². The van der Waals surface area contributed by atoms with Gasteiger partial charge in [-0.15, -0.1) is 11.6 Å².